The van der Waals surface area contributed by atoms with Gasteiger partial charge < -0.3 is 5.32 Å². The van der Waals surface area contributed by atoms with E-state index < -0.39 is 25.8 Å². The van der Waals surface area contributed by atoms with Gasteiger partial charge >= 0.3 is 0 Å². The molecular formula is C14H16N4O5S2. The smallest absolute Gasteiger partial charge is 0.269 e. The molecule has 1 heterocycles. The number of hydrogen-bond donors (Lipinski definition) is 3. The zero-order chi connectivity index (χ0) is 18.5. The summed E-state index contributed by atoms with van der Waals surface area (Å²) in [5.74, 6) is -0.600. The minimum atomic E-state index is -3.81. The van der Waals surface area contributed by atoms with Gasteiger partial charge in [-0.05, 0) is 12.1 Å². The summed E-state index contributed by atoms with van der Waals surface area (Å²) >= 11 is 0. The van der Waals surface area contributed by atoms with Crippen LogP contribution in [0.2, 0.25) is 0 Å². The molecule has 2 rings (SSSR count). The normalized spacial score (nSPS) is 12.2. The molecule has 9 nitrogen and oxygen atoms in total. The molecule has 0 aliphatic rings. The average molecular weight is 384 g/mol. The van der Waals surface area contributed by atoms with Gasteiger partial charge in [-0.15, -0.1) is 0 Å². The molecule has 2 aromatic rings. The molecule has 0 saturated carbocycles. The highest BCUT2D eigenvalue weighted by Gasteiger charge is 2.16. The predicted molar refractivity (Wildman–Crippen MR) is 92.2 cm³/mol. The van der Waals surface area contributed by atoms with Crippen LogP contribution in [0.4, 0.5) is 5.82 Å². The highest BCUT2D eigenvalue weighted by molar-refractivity contribution is 7.93. The molecule has 0 aliphatic carbocycles. The van der Waals surface area contributed by atoms with E-state index in [1.165, 1.54) is 24.3 Å². The van der Waals surface area contributed by atoms with Crippen molar-refractivity contribution in [2.45, 2.75) is 4.90 Å². The molecule has 0 spiro atoms. The maximum atomic E-state index is 12.2. The van der Waals surface area contributed by atoms with Crippen LogP contribution in [-0.4, -0.2) is 45.7 Å². The highest BCUT2D eigenvalue weighted by Crippen LogP contribution is 2.14. The van der Waals surface area contributed by atoms with Crippen LogP contribution < -0.4 is 10.0 Å². The molecule has 0 unspecified atom stereocenters. The zero-order valence-electron chi connectivity index (χ0n) is 13.1. The molecule has 0 aliphatic heterocycles. The van der Waals surface area contributed by atoms with Crippen LogP contribution in [0.15, 0.2) is 52.8 Å². The van der Waals surface area contributed by atoms with Gasteiger partial charge in [0.05, 0.1) is 4.90 Å². The minimum absolute atomic E-state index is 0.00397. The number of sulfonamides is 1. The Morgan fingerprint density at radius 2 is 1.88 bits per heavy atom. The molecule has 134 valence electrons. The van der Waals surface area contributed by atoms with Crippen molar-refractivity contribution in [3.05, 3.63) is 53.6 Å². The quantitative estimate of drug-likeness (QED) is 0.635. The number of rotatable bonds is 7. The monoisotopic (exact) mass is 384 g/mol. The number of nitrogens with one attached hydrogen (secondary N) is 3. The number of carbonyl (C=O) groups is 1. The Morgan fingerprint density at radius 3 is 2.52 bits per heavy atom. The van der Waals surface area contributed by atoms with Gasteiger partial charge in [0.25, 0.3) is 15.9 Å². The number of nitrogens with zero attached hydrogens (tertiary/aromatic N) is 1. The summed E-state index contributed by atoms with van der Waals surface area (Å²) in [6.07, 6.45) is 2.31. The van der Waals surface area contributed by atoms with Crippen LogP contribution in [0.3, 0.4) is 0 Å². The summed E-state index contributed by atoms with van der Waals surface area (Å²) in [6.45, 7) is -0.00397. The third kappa shape index (κ3) is 5.72. The van der Waals surface area contributed by atoms with Gasteiger partial charge in [-0.2, -0.15) is 5.10 Å². The first-order valence-electron chi connectivity index (χ1n) is 6.95. The number of benzene rings is 1. The molecule has 3 N–H and O–H groups in total. The van der Waals surface area contributed by atoms with Crippen molar-refractivity contribution in [1.82, 2.24) is 15.5 Å². The number of aromatic amines is 1. The second kappa shape index (κ2) is 7.49. The molecule has 25 heavy (non-hydrogen) atoms. The van der Waals surface area contributed by atoms with Crippen molar-refractivity contribution in [1.29, 1.82) is 0 Å². The Balaban J connectivity index is 2.00. The number of aromatic nitrogens is 2. The lowest BCUT2D eigenvalue weighted by Gasteiger charge is -2.04. The second-order valence-corrected chi connectivity index (χ2v) is 8.61. The zero-order valence-corrected chi connectivity index (χ0v) is 14.8. The molecule has 0 bridgehead atoms. The fourth-order valence-electron chi connectivity index (χ4n) is 1.76. The molecule has 0 radical (unpaired) electrons. The van der Waals surface area contributed by atoms with Crippen LogP contribution >= 0.6 is 0 Å². The van der Waals surface area contributed by atoms with E-state index in [9.17, 15) is 21.6 Å². The molecule has 1 aromatic carbocycles. The Bertz CT molecular complexity index is 979. The fourth-order valence-corrected chi connectivity index (χ4v) is 3.22. The minimum Gasteiger partial charge on any atom is -0.347 e. The summed E-state index contributed by atoms with van der Waals surface area (Å²) in [7, 11) is -7.06. The Kier molecular flexibility index (Phi) is 5.59. The first-order valence-corrected chi connectivity index (χ1v) is 10.4. The van der Waals surface area contributed by atoms with Gasteiger partial charge in [0.1, 0.15) is 5.69 Å². The van der Waals surface area contributed by atoms with Crippen molar-refractivity contribution in [3.8, 4) is 0 Å². The van der Waals surface area contributed by atoms with E-state index in [2.05, 4.69) is 20.2 Å². The van der Waals surface area contributed by atoms with Crippen molar-refractivity contribution >= 4 is 31.6 Å². The van der Waals surface area contributed by atoms with Gasteiger partial charge in [-0.1, -0.05) is 24.3 Å². The summed E-state index contributed by atoms with van der Waals surface area (Å²) in [6, 6.07) is 8.95. The standard InChI is InChI=1S/C14H16N4O5S2/c1-24(20,21)9-5-8-15-14(19)12-10-13(17-16-12)18-25(22,23)11-6-3-2-4-7-11/h2-7,9-10H,8H2,1H3,(H,15,19)(H2,16,17,18)/b9-5+. The Hall–Kier alpha value is -2.66. The van der Waals surface area contributed by atoms with Crippen LogP contribution in [-0.2, 0) is 19.9 Å². The number of carbonyl (C=O) groups excluding carboxylic acids is 1. The number of anilines is 1. The molecular weight excluding hydrogens is 368 g/mol. The van der Waals surface area contributed by atoms with Gasteiger partial charge in [0.2, 0.25) is 0 Å². The Morgan fingerprint density at radius 1 is 1.20 bits per heavy atom. The molecule has 1 aromatic heterocycles. The van der Waals surface area contributed by atoms with Gasteiger partial charge in [0, 0.05) is 24.3 Å². The molecule has 0 fully saturated rings. The fraction of sp³-hybridized carbons (Fsp3) is 0.143. The lowest BCUT2D eigenvalue weighted by Crippen LogP contribution is -2.23. The SMILES string of the molecule is CS(=O)(=O)/C=C/CNC(=O)c1cc(NS(=O)(=O)c2ccccc2)n[nH]1. The van der Waals surface area contributed by atoms with Gasteiger partial charge in [-0.3, -0.25) is 14.6 Å². The summed E-state index contributed by atoms with van der Waals surface area (Å²) in [4.78, 5) is 11.9. The Labute approximate surface area is 145 Å². The number of H-pyrrole nitrogens is 1. The van der Waals surface area contributed by atoms with Crippen molar-refractivity contribution in [3.63, 3.8) is 0 Å². The maximum Gasteiger partial charge on any atom is 0.269 e. The van der Waals surface area contributed by atoms with Crippen molar-refractivity contribution in [2.24, 2.45) is 0 Å². The lowest BCUT2D eigenvalue weighted by molar-refractivity contribution is 0.0953. The topological polar surface area (TPSA) is 138 Å². The number of amides is 1. The third-order valence-corrected chi connectivity index (χ3v) is 4.90. The molecule has 1 amide bonds. The van der Waals surface area contributed by atoms with E-state index in [0.29, 0.717) is 0 Å². The van der Waals surface area contributed by atoms with Crippen LogP contribution in [0.25, 0.3) is 0 Å². The summed E-state index contributed by atoms with van der Waals surface area (Å²) in [5, 5.41) is 9.54. The maximum absolute atomic E-state index is 12.2. The third-order valence-electron chi connectivity index (χ3n) is 2.84. The van der Waals surface area contributed by atoms with Crippen LogP contribution in [0, 0.1) is 0 Å². The first kappa shape index (κ1) is 18.7. The molecule has 0 atom stereocenters. The van der Waals surface area contributed by atoms with Gasteiger partial charge in [-0.25, -0.2) is 16.8 Å². The number of sulfone groups is 1. The first-order chi connectivity index (χ1) is 11.7. The van der Waals surface area contributed by atoms with E-state index in [4.69, 9.17) is 0 Å². The lowest BCUT2D eigenvalue weighted by atomic mass is 10.4. The van der Waals surface area contributed by atoms with E-state index in [-0.39, 0.29) is 23.0 Å². The largest absolute Gasteiger partial charge is 0.347 e. The van der Waals surface area contributed by atoms with Gasteiger partial charge in [0.15, 0.2) is 15.7 Å². The molecule has 0 saturated heterocycles. The van der Waals surface area contributed by atoms with Crippen LogP contribution in [0.5, 0.6) is 0 Å². The van der Waals surface area contributed by atoms with E-state index in [1.54, 1.807) is 18.2 Å². The van der Waals surface area contributed by atoms with E-state index in [0.717, 1.165) is 11.7 Å². The second-order valence-electron chi connectivity index (χ2n) is 5.00. The average Bonchev–Trinajstić information content (AvgIpc) is 2.99. The summed E-state index contributed by atoms with van der Waals surface area (Å²) in [5.41, 5.74) is 0.0264. The predicted octanol–water partition coefficient (Wildman–Crippen LogP) is 0.499. The van der Waals surface area contributed by atoms with E-state index in [1.807, 2.05) is 0 Å². The van der Waals surface area contributed by atoms with E-state index >= 15 is 0 Å². The highest BCUT2D eigenvalue weighted by atomic mass is 32.2. The van der Waals surface area contributed by atoms with Crippen molar-refractivity contribution in [2.75, 3.05) is 17.5 Å². The number of hydrogen-bond acceptors (Lipinski definition) is 6. The summed E-state index contributed by atoms with van der Waals surface area (Å²) < 4.78 is 48.4. The van der Waals surface area contributed by atoms with Crippen molar-refractivity contribution < 1.29 is 21.6 Å². The molecule has 11 heteroatoms. The van der Waals surface area contributed by atoms with Crippen LogP contribution in [0.1, 0.15) is 10.5 Å².